The molecule has 0 aliphatic heterocycles. The maximum atomic E-state index is 11.5. The lowest BCUT2D eigenvalue weighted by Gasteiger charge is -2.06. The summed E-state index contributed by atoms with van der Waals surface area (Å²) >= 11 is 0. The van der Waals surface area contributed by atoms with Crippen LogP contribution in [0.5, 0.6) is 0 Å². The summed E-state index contributed by atoms with van der Waals surface area (Å²) in [7, 11) is 0.215. The highest BCUT2D eigenvalue weighted by Gasteiger charge is 2.38. The molecule has 0 aromatic rings. The van der Waals surface area contributed by atoms with Gasteiger partial charge in [0.15, 0.2) is 0 Å². The molecule has 0 heterocycles. The van der Waals surface area contributed by atoms with Crippen molar-refractivity contribution < 1.29 is 22.5 Å². The van der Waals surface area contributed by atoms with Crippen molar-refractivity contribution >= 4 is 14.7 Å². The molecule has 0 aromatic carbocycles. The van der Waals surface area contributed by atoms with Gasteiger partial charge in [0.05, 0.1) is 6.61 Å². The van der Waals surface area contributed by atoms with E-state index in [1.54, 1.807) is 12.0 Å². The standard InChI is InChI=1S/C5H9F3NO2P/c1-12-11-3-2-9-4(10)5(6,7)8/h12H,2-3H2,1H3,(H,9,10). The van der Waals surface area contributed by atoms with E-state index in [1.807, 2.05) is 0 Å². The fourth-order valence-electron chi connectivity index (χ4n) is 0.418. The maximum absolute atomic E-state index is 11.5. The Labute approximate surface area is 69.5 Å². The number of nitrogens with one attached hydrogen (secondary N) is 1. The van der Waals surface area contributed by atoms with Crippen LogP contribution in [0.4, 0.5) is 13.2 Å². The summed E-state index contributed by atoms with van der Waals surface area (Å²) in [4.78, 5) is 10.1. The minimum atomic E-state index is -4.80. The number of amides is 1. The average molecular weight is 203 g/mol. The van der Waals surface area contributed by atoms with Crippen molar-refractivity contribution in [3.8, 4) is 0 Å². The first-order valence-electron chi connectivity index (χ1n) is 3.12. The normalized spacial score (nSPS) is 12.3. The molecule has 1 N–H and O–H groups in total. The molecule has 72 valence electrons. The van der Waals surface area contributed by atoms with Crippen LogP contribution >= 0.6 is 8.81 Å². The molecule has 12 heavy (non-hydrogen) atoms. The first-order valence-corrected chi connectivity index (χ1v) is 4.53. The average Bonchev–Trinajstić information content (AvgIpc) is 1.96. The Morgan fingerprint density at radius 1 is 1.58 bits per heavy atom. The van der Waals surface area contributed by atoms with Gasteiger partial charge in [-0.2, -0.15) is 13.2 Å². The summed E-state index contributed by atoms with van der Waals surface area (Å²) in [6.45, 7) is 1.74. The zero-order valence-electron chi connectivity index (χ0n) is 6.36. The van der Waals surface area contributed by atoms with Crippen LogP contribution in [0.25, 0.3) is 0 Å². The molecule has 0 aliphatic rings. The summed E-state index contributed by atoms with van der Waals surface area (Å²) < 4.78 is 39.3. The minimum absolute atomic E-state index is 0.108. The van der Waals surface area contributed by atoms with E-state index in [2.05, 4.69) is 0 Å². The molecule has 3 nitrogen and oxygen atoms in total. The number of rotatable bonds is 4. The van der Waals surface area contributed by atoms with Crippen LogP contribution in [0.2, 0.25) is 0 Å². The summed E-state index contributed by atoms with van der Waals surface area (Å²) in [5, 5.41) is 1.67. The van der Waals surface area contributed by atoms with Gasteiger partial charge in [-0.15, -0.1) is 0 Å². The van der Waals surface area contributed by atoms with E-state index in [9.17, 15) is 18.0 Å². The number of hydrogen-bond acceptors (Lipinski definition) is 2. The van der Waals surface area contributed by atoms with E-state index in [4.69, 9.17) is 4.52 Å². The predicted molar refractivity (Wildman–Crippen MR) is 39.3 cm³/mol. The molecular formula is C5H9F3NO2P. The molecule has 1 atom stereocenters. The molecule has 0 aromatic heterocycles. The summed E-state index contributed by atoms with van der Waals surface area (Å²) in [6.07, 6.45) is -4.80. The van der Waals surface area contributed by atoms with Crippen LogP contribution in [0.3, 0.4) is 0 Å². The Kier molecular flexibility index (Phi) is 5.17. The van der Waals surface area contributed by atoms with Gasteiger partial charge >= 0.3 is 12.1 Å². The predicted octanol–water partition coefficient (Wildman–Crippen LogP) is 0.905. The second kappa shape index (κ2) is 5.32. The topological polar surface area (TPSA) is 38.3 Å². The van der Waals surface area contributed by atoms with E-state index < -0.39 is 12.1 Å². The second-order valence-corrected chi connectivity index (χ2v) is 2.50. The van der Waals surface area contributed by atoms with E-state index in [0.29, 0.717) is 0 Å². The third-order valence-electron chi connectivity index (χ3n) is 0.891. The van der Waals surface area contributed by atoms with Crippen molar-refractivity contribution in [2.45, 2.75) is 6.18 Å². The van der Waals surface area contributed by atoms with Crippen LogP contribution in [0.1, 0.15) is 0 Å². The summed E-state index contributed by atoms with van der Waals surface area (Å²) in [6, 6.07) is 0. The number of halogens is 3. The van der Waals surface area contributed by atoms with Gasteiger partial charge in [-0.3, -0.25) is 4.79 Å². The Morgan fingerprint density at radius 2 is 2.17 bits per heavy atom. The Hall–Kier alpha value is -0.350. The van der Waals surface area contributed by atoms with Crippen LogP contribution in [0.15, 0.2) is 0 Å². The van der Waals surface area contributed by atoms with Gasteiger partial charge in [0.25, 0.3) is 0 Å². The largest absolute Gasteiger partial charge is 0.471 e. The lowest BCUT2D eigenvalue weighted by molar-refractivity contribution is -0.173. The first-order chi connectivity index (χ1) is 5.48. The van der Waals surface area contributed by atoms with Crippen LogP contribution in [0, 0.1) is 0 Å². The molecule has 1 unspecified atom stereocenters. The highest BCUT2D eigenvalue weighted by atomic mass is 31.1. The van der Waals surface area contributed by atoms with Gasteiger partial charge in [0.1, 0.15) is 0 Å². The number of hydrogen-bond donors (Lipinski definition) is 1. The van der Waals surface area contributed by atoms with Gasteiger partial charge in [-0.25, -0.2) is 0 Å². The molecule has 1 amide bonds. The minimum Gasteiger partial charge on any atom is -0.361 e. The van der Waals surface area contributed by atoms with Crippen molar-refractivity contribution in [3.05, 3.63) is 0 Å². The Balaban J connectivity index is 3.45. The van der Waals surface area contributed by atoms with Crippen LogP contribution in [-0.4, -0.2) is 31.9 Å². The van der Waals surface area contributed by atoms with E-state index in [0.717, 1.165) is 0 Å². The van der Waals surface area contributed by atoms with Crippen LogP contribution in [-0.2, 0) is 9.32 Å². The van der Waals surface area contributed by atoms with E-state index in [-0.39, 0.29) is 22.0 Å². The van der Waals surface area contributed by atoms with Gasteiger partial charge in [-0.05, 0) is 6.66 Å². The van der Waals surface area contributed by atoms with Crippen molar-refractivity contribution in [1.29, 1.82) is 0 Å². The fourth-order valence-corrected chi connectivity index (χ4v) is 0.724. The zero-order valence-corrected chi connectivity index (χ0v) is 7.36. The van der Waals surface area contributed by atoms with Crippen molar-refractivity contribution in [3.63, 3.8) is 0 Å². The molecular weight excluding hydrogens is 194 g/mol. The monoisotopic (exact) mass is 203 g/mol. The smallest absolute Gasteiger partial charge is 0.361 e. The molecule has 0 aliphatic carbocycles. The first kappa shape index (κ1) is 11.6. The molecule has 0 rings (SSSR count). The summed E-state index contributed by atoms with van der Waals surface area (Å²) in [5.74, 6) is -1.93. The number of carbonyl (C=O) groups is 1. The Morgan fingerprint density at radius 3 is 2.58 bits per heavy atom. The molecule has 0 fully saturated rings. The molecule has 7 heteroatoms. The number of alkyl halides is 3. The fraction of sp³-hybridized carbons (Fsp3) is 0.800. The van der Waals surface area contributed by atoms with E-state index >= 15 is 0 Å². The lowest BCUT2D eigenvalue weighted by atomic mass is 10.5. The molecule has 0 saturated carbocycles. The SMILES string of the molecule is CPOCCNC(=O)C(F)(F)F. The third kappa shape index (κ3) is 5.32. The Bertz CT molecular complexity index is 150. The second-order valence-electron chi connectivity index (χ2n) is 1.81. The molecule has 0 radical (unpaired) electrons. The number of carbonyl (C=O) groups excluding carboxylic acids is 1. The summed E-state index contributed by atoms with van der Waals surface area (Å²) in [5.41, 5.74) is 0. The zero-order chi connectivity index (χ0) is 9.61. The van der Waals surface area contributed by atoms with Crippen molar-refractivity contribution in [2.24, 2.45) is 0 Å². The van der Waals surface area contributed by atoms with Gasteiger partial charge in [0, 0.05) is 15.4 Å². The maximum Gasteiger partial charge on any atom is 0.471 e. The van der Waals surface area contributed by atoms with E-state index in [1.165, 1.54) is 0 Å². The third-order valence-corrected chi connectivity index (χ3v) is 1.38. The quantitative estimate of drug-likeness (QED) is 0.544. The highest BCUT2D eigenvalue weighted by Crippen LogP contribution is 2.13. The van der Waals surface area contributed by atoms with Gasteiger partial charge in [0.2, 0.25) is 0 Å². The molecule has 0 spiro atoms. The van der Waals surface area contributed by atoms with Crippen molar-refractivity contribution in [2.75, 3.05) is 19.8 Å². The van der Waals surface area contributed by atoms with Gasteiger partial charge < -0.3 is 9.84 Å². The van der Waals surface area contributed by atoms with Crippen LogP contribution < -0.4 is 5.32 Å². The van der Waals surface area contributed by atoms with Crippen molar-refractivity contribution in [1.82, 2.24) is 5.32 Å². The highest BCUT2D eigenvalue weighted by molar-refractivity contribution is 7.31. The van der Waals surface area contributed by atoms with Gasteiger partial charge in [-0.1, -0.05) is 0 Å². The molecule has 0 saturated heterocycles. The lowest BCUT2D eigenvalue weighted by Crippen LogP contribution is -2.38. The molecule has 0 bridgehead atoms.